The van der Waals surface area contributed by atoms with Crippen molar-refractivity contribution >= 4 is 6.09 Å². The Bertz CT molecular complexity index is 1570. The molecule has 0 bridgehead atoms. The number of amides is 1. The quantitative estimate of drug-likeness (QED) is 0.247. The Kier molecular flexibility index (Phi) is 7.14. The van der Waals surface area contributed by atoms with E-state index in [4.69, 9.17) is 9.84 Å². The van der Waals surface area contributed by atoms with Gasteiger partial charge in [0.2, 0.25) is 0 Å². The second kappa shape index (κ2) is 11.2. The van der Waals surface area contributed by atoms with Crippen LogP contribution in [-0.2, 0) is 4.74 Å². The number of aromatic nitrogens is 2. The van der Waals surface area contributed by atoms with Gasteiger partial charge in [-0.3, -0.25) is 0 Å². The smallest absolute Gasteiger partial charge is 0.407 e. The fraction of sp³-hybridized carbons (Fsp3) is 0.152. The number of benzene rings is 4. The molecule has 7 heteroatoms. The van der Waals surface area contributed by atoms with E-state index in [1.807, 2.05) is 84.9 Å². The Morgan fingerprint density at radius 3 is 2.05 bits per heavy atom. The van der Waals surface area contributed by atoms with Crippen molar-refractivity contribution in [3.8, 4) is 28.1 Å². The van der Waals surface area contributed by atoms with E-state index in [2.05, 4.69) is 29.6 Å². The molecule has 7 nitrogen and oxygen atoms in total. The molecule has 3 N–H and O–H groups in total. The predicted octanol–water partition coefficient (Wildman–Crippen LogP) is 5.47. The average Bonchev–Trinajstić information content (AvgIpc) is 3.60. The van der Waals surface area contributed by atoms with Gasteiger partial charge in [0.1, 0.15) is 18.8 Å². The van der Waals surface area contributed by atoms with Gasteiger partial charge in [-0.05, 0) is 34.4 Å². The first kappa shape index (κ1) is 25.6. The van der Waals surface area contributed by atoms with Crippen molar-refractivity contribution in [2.75, 3.05) is 13.2 Å². The molecule has 5 aromatic rings. The zero-order valence-corrected chi connectivity index (χ0v) is 21.7. The lowest BCUT2D eigenvalue weighted by atomic mass is 9.98. The van der Waals surface area contributed by atoms with Crippen LogP contribution in [0.2, 0.25) is 0 Å². The molecular formula is C33H29N3O4. The predicted molar refractivity (Wildman–Crippen MR) is 153 cm³/mol. The lowest BCUT2D eigenvalue weighted by Gasteiger charge is -2.19. The second-order valence-corrected chi connectivity index (χ2v) is 9.80. The van der Waals surface area contributed by atoms with Crippen LogP contribution in [0.3, 0.4) is 0 Å². The lowest BCUT2D eigenvalue weighted by Crippen LogP contribution is -2.36. The lowest BCUT2D eigenvalue weighted by molar-refractivity contribution is 0.0188. The number of hydrogen-bond donors (Lipinski definition) is 3. The van der Waals surface area contributed by atoms with Crippen LogP contribution in [0.4, 0.5) is 4.79 Å². The molecule has 0 saturated heterocycles. The van der Waals surface area contributed by atoms with E-state index >= 15 is 0 Å². The highest BCUT2D eigenvalue weighted by Gasteiger charge is 2.30. The fourth-order valence-corrected chi connectivity index (χ4v) is 5.29. The molecule has 1 aliphatic carbocycles. The van der Waals surface area contributed by atoms with Gasteiger partial charge < -0.3 is 20.3 Å². The topological polar surface area (TPSA) is 96.6 Å². The number of alkyl carbamates (subject to hydrolysis) is 1. The van der Waals surface area contributed by atoms with Crippen LogP contribution in [0.15, 0.2) is 115 Å². The number of aliphatic hydroxyl groups is 2. The number of para-hydroxylation sites is 1. The fourth-order valence-electron chi connectivity index (χ4n) is 5.29. The number of carbonyl (C=O) groups is 1. The van der Waals surface area contributed by atoms with Crippen molar-refractivity contribution in [1.29, 1.82) is 0 Å². The molecule has 0 saturated carbocycles. The summed E-state index contributed by atoms with van der Waals surface area (Å²) in [5, 5.41) is 29.3. The zero-order chi connectivity index (χ0) is 27.5. The van der Waals surface area contributed by atoms with Gasteiger partial charge in [-0.2, -0.15) is 5.10 Å². The van der Waals surface area contributed by atoms with Gasteiger partial charge >= 0.3 is 6.09 Å². The number of ether oxygens (including phenoxy) is 1. The van der Waals surface area contributed by atoms with Crippen molar-refractivity contribution < 1.29 is 19.7 Å². The third-order valence-corrected chi connectivity index (χ3v) is 7.29. The van der Waals surface area contributed by atoms with Crippen LogP contribution in [0.1, 0.15) is 28.7 Å². The average molecular weight is 532 g/mol. The summed E-state index contributed by atoms with van der Waals surface area (Å²) in [7, 11) is 0. The van der Waals surface area contributed by atoms with Gasteiger partial charge in [0.05, 0.1) is 11.4 Å². The first-order valence-electron chi connectivity index (χ1n) is 13.3. The molecule has 1 heterocycles. The van der Waals surface area contributed by atoms with E-state index < -0.39 is 18.3 Å². The van der Waals surface area contributed by atoms with Gasteiger partial charge in [-0.25, -0.2) is 9.48 Å². The van der Waals surface area contributed by atoms with Crippen molar-refractivity contribution in [3.05, 3.63) is 132 Å². The van der Waals surface area contributed by atoms with Crippen LogP contribution < -0.4 is 5.32 Å². The third kappa shape index (κ3) is 5.00. The number of rotatable bonds is 8. The molecule has 1 amide bonds. The first-order chi connectivity index (χ1) is 19.6. The van der Waals surface area contributed by atoms with E-state index in [-0.39, 0.29) is 19.1 Å². The molecule has 2 atom stereocenters. The van der Waals surface area contributed by atoms with Gasteiger partial charge in [-0.15, -0.1) is 0 Å². The maximum Gasteiger partial charge on any atom is 0.407 e. The molecule has 0 spiro atoms. The van der Waals surface area contributed by atoms with Crippen LogP contribution in [0.5, 0.6) is 0 Å². The molecule has 0 aliphatic heterocycles. The highest BCUT2D eigenvalue weighted by atomic mass is 16.5. The highest BCUT2D eigenvalue weighted by molar-refractivity contribution is 5.79. The SMILES string of the molecule is O=C(NCC(O)C(O)c1cn(-c2ccccc2)nc1-c1ccccc1)OCC1c2ccccc2-c2ccccc21. The van der Waals surface area contributed by atoms with Crippen molar-refractivity contribution in [1.82, 2.24) is 15.1 Å². The maximum absolute atomic E-state index is 12.6. The zero-order valence-electron chi connectivity index (χ0n) is 21.7. The number of fused-ring (bicyclic) bond motifs is 3. The molecule has 6 rings (SSSR count). The maximum atomic E-state index is 12.6. The summed E-state index contributed by atoms with van der Waals surface area (Å²) in [6, 6.07) is 35.3. The standard InChI is InChI=1S/C33H29N3O4/c37-30(19-34-33(39)40-21-29-26-17-9-7-15-24(26)25-16-8-10-18-27(25)29)32(38)28-20-36(23-13-5-2-6-14-23)35-31(28)22-11-3-1-4-12-22/h1-18,20,29-30,32,37-38H,19,21H2,(H,34,39). The van der Waals surface area contributed by atoms with Crippen molar-refractivity contribution in [2.24, 2.45) is 0 Å². The van der Waals surface area contributed by atoms with E-state index in [0.717, 1.165) is 33.5 Å². The Hall–Kier alpha value is -4.72. The number of hydrogen-bond acceptors (Lipinski definition) is 5. The molecule has 40 heavy (non-hydrogen) atoms. The van der Waals surface area contributed by atoms with Gasteiger partial charge in [0, 0.05) is 29.8 Å². The van der Waals surface area contributed by atoms with Gasteiger partial charge in [0.15, 0.2) is 0 Å². The number of nitrogens with zero attached hydrogens (tertiary/aromatic N) is 2. The summed E-state index contributed by atoms with van der Waals surface area (Å²) in [5.41, 5.74) is 7.18. The highest BCUT2D eigenvalue weighted by Crippen LogP contribution is 2.44. The van der Waals surface area contributed by atoms with E-state index in [9.17, 15) is 15.0 Å². The largest absolute Gasteiger partial charge is 0.449 e. The normalized spacial score (nSPS) is 13.8. The van der Waals surface area contributed by atoms with Crippen LogP contribution >= 0.6 is 0 Å². The Morgan fingerprint density at radius 2 is 1.40 bits per heavy atom. The molecule has 0 fully saturated rings. The molecule has 1 aliphatic rings. The summed E-state index contributed by atoms with van der Waals surface area (Å²) in [6.07, 6.45) is -1.52. The molecule has 4 aromatic carbocycles. The molecule has 200 valence electrons. The van der Waals surface area contributed by atoms with Crippen molar-refractivity contribution in [3.63, 3.8) is 0 Å². The summed E-state index contributed by atoms with van der Waals surface area (Å²) in [4.78, 5) is 12.6. The molecule has 1 aromatic heterocycles. The second-order valence-electron chi connectivity index (χ2n) is 9.80. The summed E-state index contributed by atoms with van der Waals surface area (Å²) >= 11 is 0. The Labute approximate surface area is 232 Å². The Morgan fingerprint density at radius 1 is 0.825 bits per heavy atom. The molecule has 2 unspecified atom stereocenters. The van der Waals surface area contributed by atoms with Crippen LogP contribution in [0, 0.1) is 0 Å². The monoisotopic (exact) mass is 531 g/mol. The summed E-state index contributed by atoms with van der Waals surface area (Å²) in [6.45, 7) is -0.0247. The molecular weight excluding hydrogens is 502 g/mol. The van der Waals surface area contributed by atoms with Crippen LogP contribution in [0.25, 0.3) is 28.1 Å². The van der Waals surface area contributed by atoms with E-state index in [0.29, 0.717) is 11.3 Å². The third-order valence-electron chi connectivity index (χ3n) is 7.29. The van der Waals surface area contributed by atoms with Crippen molar-refractivity contribution in [2.45, 2.75) is 18.1 Å². The minimum Gasteiger partial charge on any atom is -0.449 e. The summed E-state index contributed by atoms with van der Waals surface area (Å²) < 4.78 is 7.24. The first-order valence-corrected chi connectivity index (χ1v) is 13.3. The minimum atomic E-state index is -1.29. The number of nitrogens with one attached hydrogen (secondary N) is 1. The van der Waals surface area contributed by atoms with Crippen LogP contribution in [-0.4, -0.2) is 45.3 Å². The van der Waals surface area contributed by atoms with E-state index in [1.165, 1.54) is 0 Å². The van der Waals surface area contributed by atoms with Gasteiger partial charge in [0.25, 0.3) is 0 Å². The van der Waals surface area contributed by atoms with E-state index in [1.54, 1.807) is 10.9 Å². The number of aliphatic hydroxyl groups excluding tert-OH is 2. The Balaban J connectivity index is 1.13. The van der Waals surface area contributed by atoms with Gasteiger partial charge in [-0.1, -0.05) is 97.1 Å². The minimum absolute atomic E-state index is 0.0640. The molecule has 0 radical (unpaired) electrons. The number of carbonyl (C=O) groups excluding carboxylic acids is 1. The summed E-state index contributed by atoms with van der Waals surface area (Å²) in [5.74, 6) is -0.0640.